The van der Waals surface area contributed by atoms with Crippen LogP contribution in [-0.4, -0.2) is 34.0 Å². The van der Waals surface area contributed by atoms with Crippen molar-refractivity contribution in [3.8, 4) is 0 Å². The smallest absolute Gasteiger partial charge is 0.175 e. The third kappa shape index (κ3) is 3.52. The first-order valence-corrected chi connectivity index (χ1v) is 7.39. The molecule has 1 aliphatic heterocycles. The van der Waals surface area contributed by atoms with E-state index in [9.17, 15) is 8.42 Å². The highest BCUT2D eigenvalue weighted by Crippen LogP contribution is 2.21. The second-order valence-electron chi connectivity index (χ2n) is 4.27. The Bertz CT molecular complexity index is 474. The van der Waals surface area contributed by atoms with Crippen molar-refractivity contribution in [1.82, 2.24) is 0 Å². The number of hydrogen-bond acceptors (Lipinski definition) is 4. The molecule has 0 radical (unpaired) electrons. The molecule has 5 heteroatoms. The van der Waals surface area contributed by atoms with Crippen LogP contribution in [0.3, 0.4) is 0 Å². The van der Waals surface area contributed by atoms with E-state index < -0.39 is 9.84 Å². The Morgan fingerprint density at radius 1 is 1.41 bits per heavy atom. The van der Waals surface area contributed by atoms with E-state index in [-0.39, 0.29) is 12.2 Å². The molecule has 0 N–H and O–H groups in total. The Morgan fingerprint density at radius 3 is 2.47 bits per heavy atom. The Labute approximate surface area is 101 Å². The molecule has 1 fully saturated rings. The quantitative estimate of drug-likeness (QED) is 0.750. The van der Waals surface area contributed by atoms with Gasteiger partial charge in [0.2, 0.25) is 0 Å². The summed E-state index contributed by atoms with van der Waals surface area (Å²) >= 11 is 0. The fourth-order valence-electron chi connectivity index (χ4n) is 1.50. The minimum absolute atomic E-state index is 0.0483. The summed E-state index contributed by atoms with van der Waals surface area (Å²) in [4.78, 5) is 0.332. The predicted molar refractivity (Wildman–Crippen MR) is 63.7 cm³/mol. The van der Waals surface area contributed by atoms with Crippen molar-refractivity contribution < 1.29 is 17.9 Å². The van der Waals surface area contributed by atoms with E-state index in [1.807, 2.05) is 6.92 Å². The molecule has 4 nitrogen and oxygen atoms in total. The molecule has 0 spiro atoms. The van der Waals surface area contributed by atoms with E-state index in [2.05, 4.69) is 0 Å². The average molecular weight is 256 g/mol. The largest absolute Gasteiger partial charge is 0.371 e. The summed E-state index contributed by atoms with van der Waals surface area (Å²) in [6, 6.07) is 6.79. The number of rotatable bonds is 5. The SMILES string of the molecule is C[C@@H](OC[C@H]1CO1)c1ccc(S(C)(=O)=O)cc1. The second-order valence-corrected chi connectivity index (χ2v) is 6.29. The molecule has 0 aromatic heterocycles. The zero-order valence-electron chi connectivity index (χ0n) is 9.92. The molecule has 1 saturated heterocycles. The molecule has 94 valence electrons. The summed E-state index contributed by atoms with van der Waals surface area (Å²) < 4.78 is 33.2. The Balaban J connectivity index is 2.00. The highest BCUT2D eigenvalue weighted by atomic mass is 32.2. The molecule has 0 aliphatic carbocycles. The second kappa shape index (κ2) is 4.76. The van der Waals surface area contributed by atoms with E-state index in [0.29, 0.717) is 11.5 Å². The lowest BCUT2D eigenvalue weighted by Gasteiger charge is -2.12. The summed E-state index contributed by atoms with van der Waals surface area (Å²) in [7, 11) is -3.12. The molecule has 0 bridgehead atoms. The molecule has 2 atom stereocenters. The molecule has 0 unspecified atom stereocenters. The molecule has 0 saturated carbocycles. The fourth-order valence-corrected chi connectivity index (χ4v) is 2.13. The van der Waals surface area contributed by atoms with E-state index in [1.165, 1.54) is 6.26 Å². The van der Waals surface area contributed by atoms with Gasteiger partial charge in [0, 0.05) is 6.26 Å². The lowest BCUT2D eigenvalue weighted by Crippen LogP contribution is -2.06. The lowest BCUT2D eigenvalue weighted by atomic mass is 10.1. The van der Waals surface area contributed by atoms with Crippen molar-refractivity contribution in [3.63, 3.8) is 0 Å². The monoisotopic (exact) mass is 256 g/mol. The van der Waals surface area contributed by atoms with Crippen LogP contribution in [0.1, 0.15) is 18.6 Å². The number of ether oxygens (including phenoxy) is 2. The van der Waals surface area contributed by atoms with Crippen molar-refractivity contribution in [2.75, 3.05) is 19.5 Å². The highest BCUT2D eigenvalue weighted by Gasteiger charge is 2.23. The topological polar surface area (TPSA) is 55.9 Å². The van der Waals surface area contributed by atoms with Crippen LogP contribution in [0.4, 0.5) is 0 Å². The van der Waals surface area contributed by atoms with Crippen LogP contribution >= 0.6 is 0 Å². The van der Waals surface area contributed by atoms with Crippen LogP contribution in [0.25, 0.3) is 0 Å². The first-order chi connectivity index (χ1) is 7.97. The van der Waals surface area contributed by atoms with Crippen molar-refractivity contribution in [3.05, 3.63) is 29.8 Å². The summed E-state index contributed by atoms with van der Waals surface area (Å²) in [5.74, 6) is 0. The van der Waals surface area contributed by atoms with Crippen LogP contribution in [0, 0.1) is 0 Å². The number of hydrogen-bond donors (Lipinski definition) is 0. The van der Waals surface area contributed by atoms with Crippen LogP contribution in [0.5, 0.6) is 0 Å². The van der Waals surface area contributed by atoms with Gasteiger partial charge in [-0.15, -0.1) is 0 Å². The first-order valence-electron chi connectivity index (χ1n) is 5.50. The molecule has 1 aliphatic rings. The molecule has 1 aromatic carbocycles. The lowest BCUT2D eigenvalue weighted by molar-refractivity contribution is 0.0539. The van der Waals surface area contributed by atoms with Gasteiger partial charge in [-0.25, -0.2) is 8.42 Å². The van der Waals surface area contributed by atoms with E-state index in [4.69, 9.17) is 9.47 Å². The number of sulfone groups is 1. The van der Waals surface area contributed by atoms with Crippen molar-refractivity contribution >= 4 is 9.84 Å². The first kappa shape index (κ1) is 12.5. The maximum absolute atomic E-state index is 11.3. The van der Waals surface area contributed by atoms with Crippen LogP contribution < -0.4 is 0 Å². The van der Waals surface area contributed by atoms with Gasteiger partial charge in [-0.05, 0) is 24.6 Å². The third-order valence-corrected chi connectivity index (χ3v) is 3.84. The van der Waals surface area contributed by atoms with Crippen LogP contribution in [-0.2, 0) is 19.3 Å². The molecular formula is C12H16O4S. The summed E-state index contributed by atoms with van der Waals surface area (Å²) in [6.45, 7) is 3.31. The van der Waals surface area contributed by atoms with Gasteiger partial charge in [-0.2, -0.15) is 0 Å². The fraction of sp³-hybridized carbons (Fsp3) is 0.500. The molecule has 0 amide bonds. The maximum Gasteiger partial charge on any atom is 0.175 e. The molecule has 1 aromatic rings. The standard InChI is InChI=1S/C12H16O4S/c1-9(15-7-11-8-16-11)10-3-5-12(6-4-10)17(2,13)14/h3-6,9,11H,7-8H2,1-2H3/t9-,11+/m1/s1. The van der Waals surface area contributed by atoms with Crippen molar-refractivity contribution in [2.45, 2.75) is 24.0 Å². The highest BCUT2D eigenvalue weighted by molar-refractivity contribution is 7.90. The van der Waals surface area contributed by atoms with Crippen LogP contribution in [0.2, 0.25) is 0 Å². The van der Waals surface area contributed by atoms with Crippen molar-refractivity contribution in [1.29, 1.82) is 0 Å². The zero-order chi connectivity index (χ0) is 12.5. The van der Waals surface area contributed by atoms with Gasteiger partial charge in [-0.1, -0.05) is 12.1 Å². The van der Waals surface area contributed by atoms with Gasteiger partial charge in [-0.3, -0.25) is 0 Å². The predicted octanol–water partition coefficient (Wildman–Crippen LogP) is 1.57. The number of epoxide rings is 1. The van der Waals surface area contributed by atoms with Gasteiger partial charge >= 0.3 is 0 Å². The van der Waals surface area contributed by atoms with E-state index in [1.54, 1.807) is 24.3 Å². The maximum atomic E-state index is 11.3. The van der Waals surface area contributed by atoms with Gasteiger partial charge in [0.25, 0.3) is 0 Å². The van der Waals surface area contributed by atoms with Crippen LogP contribution in [0.15, 0.2) is 29.2 Å². The van der Waals surface area contributed by atoms with Crippen molar-refractivity contribution in [2.24, 2.45) is 0 Å². The molecule has 2 rings (SSSR count). The summed E-state index contributed by atoms with van der Waals surface area (Å²) in [6.07, 6.45) is 1.40. The zero-order valence-corrected chi connectivity index (χ0v) is 10.7. The average Bonchev–Trinajstić information content (AvgIpc) is 3.09. The molecule has 17 heavy (non-hydrogen) atoms. The van der Waals surface area contributed by atoms with Gasteiger partial charge in [0.15, 0.2) is 9.84 Å². The van der Waals surface area contributed by atoms with E-state index in [0.717, 1.165) is 12.2 Å². The minimum atomic E-state index is -3.12. The summed E-state index contributed by atoms with van der Waals surface area (Å²) in [5, 5.41) is 0. The Morgan fingerprint density at radius 2 is 2.00 bits per heavy atom. The van der Waals surface area contributed by atoms with Gasteiger partial charge < -0.3 is 9.47 Å². The van der Waals surface area contributed by atoms with Gasteiger partial charge in [0.05, 0.1) is 24.2 Å². The minimum Gasteiger partial charge on any atom is -0.371 e. The number of benzene rings is 1. The third-order valence-electron chi connectivity index (χ3n) is 2.71. The normalized spacial score (nSPS) is 21.2. The Kier molecular flexibility index (Phi) is 3.51. The molecular weight excluding hydrogens is 240 g/mol. The van der Waals surface area contributed by atoms with Gasteiger partial charge in [0.1, 0.15) is 6.10 Å². The summed E-state index contributed by atoms with van der Waals surface area (Å²) in [5.41, 5.74) is 0.970. The molecule has 1 heterocycles. The van der Waals surface area contributed by atoms with E-state index >= 15 is 0 Å². The Hall–Kier alpha value is -0.910.